The summed E-state index contributed by atoms with van der Waals surface area (Å²) in [5.74, 6) is -1.61. The molecule has 1 rings (SSSR count). The van der Waals surface area contributed by atoms with Crippen molar-refractivity contribution in [3.05, 3.63) is 41.5 Å². The highest BCUT2D eigenvalue weighted by atomic mass is 19.2. The van der Waals surface area contributed by atoms with Gasteiger partial charge in [0.2, 0.25) is 0 Å². The van der Waals surface area contributed by atoms with Crippen LogP contribution < -0.4 is 0 Å². The fourth-order valence-electron chi connectivity index (χ4n) is 0.809. The lowest BCUT2D eigenvalue weighted by Crippen LogP contribution is -1.83. The van der Waals surface area contributed by atoms with Gasteiger partial charge < -0.3 is 0 Å². The summed E-state index contributed by atoms with van der Waals surface area (Å²) < 4.78 is 24.8. The minimum Gasteiger partial charge on any atom is -0.204 e. The van der Waals surface area contributed by atoms with E-state index in [1.165, 1.54) is 6.07 Å². The third-order valence-electron chi connectivity index (χ3n) is 1.30. The van der Waals surface area contributed by atoms with Crippen molar-refractivity contribution in [3.63, 3.8) is 0 Å². The van der Waals surface area contributed by atoms with Crippen molar-refractivity contribution >= 4 is 6.08 Å². The standard InChI is InChI=1S/C9H8F2/c1-2-3-7-4-5-8(10)9(11)6-7/h2-6H,1H3/b3-2+. The fraction of sp³-hybridized carbons (Fsp3) is 0.111. The summed E-state index contributed by atoms with van der Waals surface area (Å²) in [4.78, 5) is 0. The molecule has 0 aliphatic rings. The summed E-state index contributed by atoms with van der Waals surface area (Å²) in [5, 5.41) is 0. The molecule has 0 atom stereocenters. The number of allylic oxidation sites excluding steroid dienone is 1. The van der Waals surface area contributed by atoms with E-state index < -0.39 is 11.6 Å². The van der Waals surface area contributed by atoms with Crippen molar-refractivity contribution in [2.45, 2.75) is 6.92 Å². The first-order chi connectivity index (χ1) is 5.24. The molecule has 0 N–H and O–H groups in total. The van der Waals surface area contributed by atoms with Crippen LogP contribution in [0.25, 0.3) is 6.08 Å². The molecule has 1 aromatic carbocycles. The van der Waals surface area contributed by atoms with Crippen LogP contribution in [0.1, 0.15) is 12.5 Å². The summed E-state index contributed by atoms with van der Waals surface area (Å²) in [6, 6.07) is 3.80. The van der Waals surface area contributed by atoms with Gasteiger partial charge in [0.1, 0.15) is 0 Å². The lowest BCUT2D eigenvalue weighted by molar-refractivity contribution is 0.508. The second-order valence-electron chi connectivity index (χ2n) is 2.17. The van der Waals surface area contributed by atoms with Gasteiger partial charge in [-0.3, -0.25) is 0 Å². The van der Waals surface area contributed by atoms with E-state index >= 15 is 0 Å². The van der Waals surface area contributed by atoms with Crippen molar-refractivity contribution in [1.82, 2.24) is 0 Å². The minimum atomic E-state index is -0.807. The van der Waals surface area contributed by atoms with Gasteiger partial charge in [0.05, 0.1) is 0 Å². The second-order valence-corrected chi connectivity index (χ2v) is 2.17. The summed E-state index contributed by atoms with van der Waals surface area (Å²) in [6.07, 6.45) is 3.48. The largest absolute Gasteiger partial charge is 0.204 e. The normalized spacial score (nSPS) is 10.8. The minimum absolute atomic E-state index is 0.673. The van der Waals surface area contributed by atoms with Gasteiger partial charge in [-0.2, -0.15) is 0 Å². The Labute approximate surface area is 64.2 Å². The van der Waals surface area contributed by atoms with Gasteiger partial charge in [-0.05, 0) is 24.6 Å². The molecule has 0 saturated heterocycles. The maximum Gasteiger partial charge on any atom is 0.159 e. The fourth-order valence-corrected chi connectivity index (χ4v) is 0.809. The maximum atomic E-state index is 12.5. The smallest absolute Gasteiger partial charge is 0.159 e. The van der Waals surface area contributed by atoms with Crippen LogP contribution in [-0.2, 0) is 0 Å². The molecule has 0 amide bonds. The Balaban J connectivity index is 3.05. The van der Waals surface area contributed by atoms with Crippen LogP contribution in [0.15, 0.2) is 24.3 Å². The lowest BCUT2D eigenvalue weighted by Gasteiger charge is -1.93. The molecule has 0 fully saturated rings. The first-order valence-corrected chi connectivity index (χ1v) is 3.32. The molecular formula is C9H8F2. The zero-order chi connectivity index (χ0) is 8.27. The van der Waals surface area contributed by atoms with Crippen molar-refractivity contribution in [1.29, 1.82) is 0 Å². The average molecular weight is 154 g/mol. The van der Waals surface area contributed by atoms with E-state index in [2.05, 4.69) is 0 Å². The van der Waals surface area contributed by atoms with Crippen LogP contribution in [-0.4, -0.2) is 0 Å². The van der Waals surface area contributed by atoms with Gasteiger partial charge >= 0.3 is 0 Å². The van der Waals surface area contributed by atoms with Crippen LogP contribution in [0.2, 0.25) is 0 Å². The Morgan fingerprint density at radius 3 is 2.45 bits per heavy atom. The summed E-state index contributed by atoms with van der Waals surface area (Å²) in [6.45, 7) is 1.82. The Morgan fingerprint density at radius 2 is 1.91 bits per heavy atom. The van der Waals surface area contributed by atoms with Gasteiger partial charge in [-0.25, -0.2) is 8.78 Å². The van der Waals surface area contributed by atoms with Crippen LogP contribution in [0.4, 0.5) is 8.78 Å². The van der Waals surface area contributed by atoms with E-state index in [0.29, 0.717) is 5.56 Å². The number of halogens is 2. The molecule has 58 valence electrons. The number of hydrogen-bond donors (Lipinski definition) is 0. The third-order valence-corrected chi connectivity index (χ3v) is 1.30. The third kappa shape index (κ3) is 1.87. The van der Waals surface area contributed by atoms with E-state index in [0.717, 1.165) is 12.1 Å². The molecule has 0 radical (unpaired) electrons. The van der Waals surface area contributed by atoms with Crippen LogP contribution >= 0.6 is 0 Å². The van der Waals surface area contributed by atoms with Crippen LogP contribution in [0.3, 0.4) is 0 Å². The Bertz CT molecular complexity index is 277. The highest BCUT2D eigenvalue weighted by Crippen LogP contribution is 2.09. The SMILES string of the molecule is C/C=C/c1ccc(F)c(F)c1. The van der Waals surface area contributed by atoms with Gasteiger partial charge in [0.15, 0.2) is 11.6 Å². The molecule has 0 heterocycles. The van der Waals surface area contributed by atoms with Crippen molar-refractivity contribution in [2.24, 2.45) is 0 Å². The van der Waals surface area contributed by atoms with E-state index in [-0.39, 0.29) is 0 Å². The molecule has 0 bridgehead atoms. The topological polar surface area (TPSA) is 0 Å². The molecule has 0 nitrogen and oxygen atoms in total. The maximum absolute atomic E-state index is 12.5. The predicted octanol–water partition coefficient (Wildman–Crippen LogP) is 3.00. The molecular weight excluding hydrogens is 146 g/mol. The second kappa shape index (κ2) is 3.28. The molecule has 0 aliphatic heterocycles. The monoisotopic (exact) mass is 154 g/mol. The van der Waals surface area contributed by atoms with E-state index in [9.17, 15) is 8.78 Å². The highest BCUT2D eigenvalue weighted by molar-refractivity contribution is 5.48. The Kier molecular flexibility index (Phi) is 2.36. The lowest BCUT2D eigenvalue weighted by atomic mass is 10.2. The van der Waals surface area contributed by atoms with Crippen LogP contribution in [0, 0.1) is 11.6 Å². The zero-order valence-electron chi connectivity index (χ0n) is 6.14. The first kappa shape index (κ1) is 7.92. The molecule has 1 aromatic rings. The van der Waals surface area contributed by atoms with Gasteiger partial charge in [-0.1, -0.05) is 18.2 Å². The van der Waals surface area contributed by atoms with Gasteiger partial charge in [0, 0.05) is 0 Å². The summed E-state index contributed by atoms with van der Waals surface area (Å²) in [7, 11) is 0. The highest BCUT2D eigenvalue weighted by Gasteiger charge is 1.98. The Morgan fingerprint density at radius 1 is 1.18 bits per heavy atom. The van der Waals surface area contributed by atoms with Crippen LogP contribution in [0.5, 0.6) is 0 Å². The quantitative estimate of drug-likeness (QED) is 0.583. The van der Waals surface area contributed by atoms with E-state index in [1.807, 2.05) is 6.92 Å². The zero-order valence-corrected chi connectivity index (χ0v) is 6.14. The Hall–Kier alpha value is -1.18. The van der Waals surface area contributed by atoms with Gasteiger partial charge in [-0.15, -0.1) is 0 Å². The summed E-state index contributed by atoms with van der Waals surface area (Å²) >= 11 is 0. The van der Waals surface area contributed by atoms with Crippen molar-refractivity contribution < 1.29 is 8.78 Å². The predicted molar refractivity (Wildman–Crippen MR) is 41.1 cm³/mol. The summed E-state index contributed by atoms with van der Waals surface area (Å²) in [5.41, 5.74) is 0.673. The van der Waals surface area contributed by atoms with E-state index in [1.54, 1.807) is 12.2 Å². The van der Waals surface area contributed by atoms with Crippen molar-refractivity contribution in [3.8, 4) is 0 Å². The molecule has 0 aliphatic carbocycles. The molecule has 0 aromatic heterocycles. The number of benzene rings is 1. The number of rotatable bonds is 1. The molecule has 0 spiro atoms. The molecule has 2 heteroatoms. The van der Waals surface area contributed by atoms with Crippen molar-refractivity contribution in [2.75, 3.05) is 0 Å². The van der Waals surface area contributed by atoms with E-state index in [4.69, 9.17) is 0 Å². The van der Waals surface area contributed by atoms with Gasteiger partial charge in [0.25, 0.3) is 0 Å². The first-order valence-electron chi connectivity index (χ1n) is 3.32. The molecule has 11 heavy (non-hydrogen) atoms. The molecule has 0 saturated carbocycles. The molecule has 0 unspecified atom stereocenters. The number of hydrogen-bond acceptors (Lipinski definition) is 0. The average Bonchev–Trinajstić information content (AvgIpc) is 1.98.